The predicted molar refractivity (Wildman–Crippen MR) is 137 cm³/mol. The molecule has 5 rings (SSSR count). The van der Waals surface area contributed by atoms with Crippen LogP contribution in [0.25, 0.3) is 5.69 Å². The molecular weight excluding hydrogens is 510 g/mol. The number of nitrogens with one attached hydrogen (secondary N) is 1. The smallest absolute Gasteiger partial charge is 0.318 e. The molecule has 0 aliphatic heterocycles. The first-order chi connectivity index (χ1) is 18.7. The molecule has 1 amide bonds. The topological polar surface area (TPSA) is 74.0 Å². The fourth-order valence-corrected chi connectivity index (χ4v) is 4.57. The molecule has 3 aromatic carbocycles. The quantitative estimate of drug-likeness (QED) is 0.282. The van der Waals surface area contributed by atoms with Crippen LogP contribution >= 0.6 is 0 Å². The van der Waals surface area contributed by atoms with Gasteiger partial charge in [0.2, 0.25) is 0 Å². The molecule has 0 spiro atoms. The number of nitrogens with zero attached hydrogens (tertiary/aromatic N) is 4. The van der Waals surface area contributed by atoms with Crippen LogP contribution in [0.2, 0.25) is 0 Å². The molecule has 1 saturated carbocycles. The molecule has 4 aromatic rings. The van der Waals surface area contributed by atoms with Gasteiger partial charge in [0, 0.05) is 12.1 Å². The summed E-state index contributed by atoms with van der Waals surface area (Å²) in [6.07, 6.45) is -2.74. The van der Waals surface area contributed by atoms with Crippen LogP contribution in [-0.2, 0) is 6.18 Å². The summed E-state index contributed by atoms with van der Waals surface area (Å²) in [5.41, 5.74) is 0.0400. The first-order valence-corrected chi connectivity index (χ1v) is 12.2. The number of alkyl halides is 3. The van der Waals surface area contributed by atoms with Crippen molar-refractivity contribution in [1.29, 1.82) is 5.26 Å². The Labute approximate surface area is 222 Å². The summed E-state index contributed by atoms with van der Waals surface area (Å²) in [5.74, 6) is -1.72. The predicted octanol–water partition coefficient (Wildman–Crippen LogP) is 6.34. The summed E-state index contributed by atoms with van der Waals surface area (Å²) >= 11 is 0. The van der Waals surface area contributed by atoms with Crippen LogP contribution in [0.5, 0.6) is 0 Å². The van der Waals surface area contributed by atoms with Gasteiger partial charge in [-0.25, -0.2) is 9.07 Å². The highest BCUT2D eigenvalue weighted by Gasteiger charge is 2.37. The minimum atomic E-state index is -4.82. The molecule has 1 aromatic heterocycles. The van der Waals surface area contributed by atoms with Crippen molar-refractivity contribution in [2.24, 2.45) is 0 Å². The second kappa shape index (κ2) is 10.3. The third-order valence-electron chi connectivity index (χ3n) is 6.65. The highest BCUT2D eigenvalue weighted by Crippen LogP contribution is 2.38. The fraction of sp³-hybridized carbons (Fsp3) is 0.207. The number of benzene rings is 3. The third-order valence-corrected chi connectivity index (χ3v) is 6.65. The van der Waals surface area contributed by atoms with Crippen molar-refractivity contribution in [3.05, 3.63) is 113 Å². The summed E-state index contributed by atoms with van der Waals surface area (Å²) in [6.45, 7) is 0. The van der Waals surface area contributed by atoms with Crippen molar-refractivity contribution >= 4 is 11.6 Å². The van der Waals surface area contributed by atoms with Gasteiger partial charge in [0.1, 0.15) is 11.5 Å². The number of nitriles is 1. The molecule has 0 radical (unpaired) electrons. The van der Waals surface area contributed by atoms with Crippen molar-refractivity contribution < 1.29 is 22.4 Å². The van der Waals surface area contributed by atoms with E-state index < -0.39 is 29.3 Å². The molecular formula is C29H23F4N5O. The van der Waals surface area contributed by atoms with E-state index >= 15 is 0 Å². The molecule has 1 unspecified atom stereocenters. The summed E-state index contributed by atoms with van der Waals surface area (Å²) in [5, 5.41) is 15.2. The summed E-state index contributed by atoms with van der Waals surface area (Å²) in [7, 11) is 1.99. The Morgan fingerprint density at radius 2 is 1.79 bits per heavy atom. The molecule has 1 heterocycles. The second-order valence-corrected chi connectivity index (χ2v) is 9.39. The van der Waals surface area contributed by atoms with Crippen molar-refractivity contribution in [3.63, 3.8) is 0 Å². The number of hydrogen-bond donors (Lipinski definition) is 1. The molecule has 10 heteroatoms. The number of carbonyl (C=O) groups excluding carboxylic acids is 1. The van der Waals surface area contributed by atoms with E-state index in [0.717, 1.165) is 28.7 Å². The van der Waals surface area contributed by atoms with E-state index in [4.69, 9.17) is 0 Å². The van der Waals surface area contributed by atoms with Crippen LogP contribution in [0.1, 0.15) is 51.8 Å². The Bertz CT molecular complexity index is 1550. The first-order valence-electron chi connectivity index (χ1n) is 12.2. The number of rotatable bonds is 7. The molecule has 39 heavy (non-hydrogen) atoms. The van der Waals surface area contributed by atoms with Crippen LogP contribution in [0, 0.1) is 17.1 Å². The van der Waals surface area contributed by atoms with Gasteiger partial charge in [0.25, 0.3) is 5.91 Å². The Kier molecular flexibility index (Phi) is 6.93. The van der Waals surface area contributed by atoms with Crippen molar-refractivity contribution in [3.8, 4) is 11.8 Å². The molecule has 0 saturated heterocycles. The van der Waals surface area contributed by atoms with E-state index in [1.165, 1.54) is 36.4 Å². The number of halogens is 4. The van der Waals surface area contributed by atoms with E-state index in [1.54, 1.807) is 6.07 Å². The fourth-order valence-electron chi connectivity index (χ4n) is 4.57. The van der Waals surface area contributed by atoms with Gasteiger partial charge in [0.15, 0.2) is 5.69 Å². The molecule has 1 fully saturated rings. The molecule has 1 aliphatic carbocycles. The van der Waals surface area contributed by atoms with Gasteiger partial charge in [-0.05, 0) is 61.3 Å². The standard InChI is InChI=1S/C29H23F4N5O/c1-37(21-11-12-21)27(19-7-3-2-4-8-19)20-10-13-23(30)24(15-20)35-28(39)25-16-26(29(31,32)33)36-38(25)22-9-5-6-18(14-22)17-34/h2-10,13-16,21,27H,11-12H2,1H3,(H,35,39). The molecule has 1 atom stereocenters. The number of anilines is 1. The average Bonchev–Trinajstić information content (AvgIpc) is 3.67. The van der Waals surface area contributed by atoms with E-state index in [9.17, 15) is 27.6 Å². The minimum Gasteiger partial charge on any atom is -0.318 e. The SMILES string of the molecule is CN(C1CC1)C(c1ccccc1)c1ccc(F)c(NC(=O)c2cc(C(F)(F)F)nn2-c2cccc(C#N)c2)c1. The monoisotopic (exact) mass is 533 g/mol. The maximum absolute atomic E-state index is 14.9. The Hall–Kier alpha value is -4.49. The van der Waals surface area contributed by atoms with Gasteiger partial charge >= 0.3 is 6.18 Å². The molecule has 1 N–H and O–H groups in total. The van der Waals surface area contributed by atoms with Gasteiger partial charge in [-0.3, -0.25) is 9.69 Å². The zero-order valence-electron chi connectivity index (χ0n) is 20.8. The normalized spacial score (nSPS) is 14.2. The lowest BCUT2D eigenvalue weighted by atomic mass is 9.96. The van der Waals surface area contributed by atoms with E-state index in [2.05, 4.69) is 15.3 Å². The van der Waals surface area contributed by atoms with Crippen molar-refractivity contribution in [2.75, 3.05) is 12.4 Å². The largest absolute Gasteiger partial charge is 0.435 e. The van der Waals surface area contributed by atoms with Gasteiger partial charge in [-0.15, -0.1) is 0 Å². The maximum Gasteiger partial charge on any atom is 0.435 e. The molecule has 0 bridgehead atoms. The zero-order chi connectivity index (χ0) is 27.7. The Balaban J connectivity index is 1.52. The second-order valence-electron chi connectivity index (χ2n) is 9.39. The third kappa shape index (κ3) is 5.54. The van der Waals surface area contributed by atoms with Crippen LogP contribution in [0.4, 0.5) is 23.2 Å². The van der Waals surface area contributed by atoms with E-state index in [-0.39, 0.29) is 23.0 Å². The number of carbonyl (C=O) groups is 1. The number of amides is 1. The van der Waals surface area contributed by atoms with E-state index in [1.807, 2.05) is 43.4 Å². The Morgan fingerprint density at radius 1 is 1.05 bits per heavy atom. The Morgan fingerprint density at radius 3 is 2.46 bits per heavy atom. The lowest BCUT2D eigenvalue weighted by Crippen LogP contribution is -2.28. The first kappa shape index (κ1) is 26.1. The van der Waals surface area contributed by atoms with Gasteiger partial charge in [-0.1, -0.05) is 42.5 Å². The molecule has 6 nitrogen and oxygen atoms in total. The number of hydrogen-bond acceptors (Lipinski definition) is 4. The van der Waals surface area contributed by atoms with Crippen molar-refractivity contribution in [2.45, 2.75) is 31.1 Å². The minimum absolute atomic E-state index is 0.0825. The van der Waals surface area contributed by atoms with Crippen LogP contribution in [0.3, 0.4) is 0 Å². The highest BCUT2D eigenvalue weighted by molar-refractivity contribution is 6.03. The lowest BCUT2D eigenvalue weighted by Gasteiger charge is -2.29. The zero-order valence-corrected chi connectivity index (χ0v) is 20.8. The maximum atomic E-state index is 14.9. The van der Waals surface area contributed by atoms with Crippen LogP contribution < -0.4 is 5.32 Å². The van der Waals surface area contributed by atoms with Crippen LogP contribution in [0.15, 0.2) is 78.9 Å². The summed E-state index contributed by atoms with van der Waals surface area (Å²) < 4.78 is 56.3. The van der Waals surface area contributed by atoms with Gasteiger partial charge < -0.3 is 5.32 Å². The summed E-state index contributed by atoms with van der Waals surface area (Å²) in [4.78, 5) is 15.5. The van der Waals surface area contributed by atoms with Gasteiger partial charge in [0.05, 0.1) is 29.0 Å². The van der Waals surface area contributed by atoms with E-state index in [0.29, 0.717) is 12.1 Å². The summed E-state index contributed by atoms with van der Waals surface area (Å²) in [6, 6.07) is 22.4. The average molecular weight is 534 g/mol. The number of aromatic nitrogens is 2. The molecule has 198 valence electrons. The lowest BCUT2D eigenvalue weighted by molar-refractivity contribution is -0.141. The van der Waals surface area contributed by atoms with Crippen molar-refractivity contribution in [1.82, 2.24) is 14.7 Å². The molecule has 1 aliphatic rings. The van der Waals surface area contributed by atoms with Gasteiger partial charge in [-0.2, -0.15) is 23.5 Å². The highest BCUT2D eigenvalue weighted by atomic mass is 19.4. The van der Waals surface area contributed by atoms with Crippen LogP contribution in [-0.4, -0.2) is 33.7 Å².